The van der Waals surface area contributed by atoms with Crippen molar-refractivity contribution in [2.75, 3.05) is 19.8 Å². The van der Waals surface area contributed by atoms with Crippen LogP contribution in [-0.4, -0.2) is 46.9 Å². The number of aliphatic hydroxyl groups excluding tert-OH is 1. The molecule has 2 heterocycles. The molecule has 1 aliphatic rings. The van der Waals surface area contributed by atoms with Crippen LogP contribution in [0.15, 0.2) is 12.4 Å². The number of hydrogen-bond donors (Lipinski definition) is 1. The summed E-state index contributed by atoms with van der Waals surface area (Å²) in [5.74, 6) is 0. The number of ether oxygens (including phenoxy) is 1. The summed E-state index contributed by atoms with van der Waals surface area (Å²) in [4.78, 5) is 6.05. The summed E-state index contributed by atoms with van der Waals surface area (Å²) in [6.07, 6.45) is 2.71. The molecule has 1 fully saturated rings. The molecule has 0 amide bonds. The second-order valence-corrected chi connectivity index (χ2v) is 5.13. The van der Waals surface area contributed by atoms with E-state index in [1.807, 2.05) is 6.92 Å². The van der Waals surface area contributed by atoms with E-state index < -0.39 is 6.10 Å². The number of halogens is 2. The van der Waals surface area contributed by atoms with Gasteiger partial charge in [-0.1, -0.05) is 30.1 Å². The van der Waals surface area contributed by atoms with E-state index in [4.69, 9.17) is 27.9 Å². The van der Waals surface area contributed by atoms with Gasteiger partial charge in [0.2, 0.25) is 0 Å². The van der Waals surface area contributed by atoms with Gasteiger partial charge in [-0.15, -0.1) is 0 Å². The topological polar surface area (TPSA) is 45.6 Å². The van der Waals surface area contributed by atoms with Crippen molar-refractivity contribution in [3.05, 3.63) is 28.0 Å². The number of nitrogens with zero attached hydrogens (tertiary/aromatic N) is 2. The average molecular weight is 291 g/mol. The van der Waals surface area contributed by atoms with Crippen molar-refractivity contribution in [1.82, 2.24) is 9.88 Å². The Bertz CT molecular complexity index is 397. The molecule has 0 radical (unpaired) electrons. The highest BCUT2D eigenvalue weighted by Crippen LogP contribution is 2.26. The minimum atomic E-state index is -0.454. The normalized spacial score (nSPS) is 23.8. The summed E-state index contributed by atoms with van der Waals surface area (Å²) in [7, 11) is 0. The molecule has 1 N–H and O–H groups in total. The Morgan fingerprint density at radius 2 is 2.06 bits per heavy atom. The molecule has 0 aliphatic carbocycles. The zero-order valence-corrected chi connectivity index (χ0v) is 11.7. The van der Waals surface area contributed by atoms with Gasteiger partial charge in [-0.25, -0.2) is 0 Å². The molecule has 2 rings (SSSR count). The maximum Gasteiger partial charge on any atom is 0.0950 e. The minimum Gasteiger partial charge on any atom is -0.389 e. The van der Waals surface area contributed by atoms with Gasteiger partial charge in [-0.05, 0) is 6.54 Å². The Kier molecular flexibility index (Phi) is 4.81. The van der Waals surface area contributed by atoms with Crippen LogP contribution in [0.3, 0.4) is 0 Å². The Balaban J connectivity index is 2.15. The smallest absolute Gasteiger partial charge is 0.0950 e. The predicted octanol–water partition coefficient (Wildman–Crippen LogP) is 1.97. The molecule has 0 spiro atoms. The summed E-state index contributed by atoms with van der Waals surface area (Å²) in [6.45, 7) is 4.34. The molecule has 18 heavy (non-hydrogen) atoms. The standard InChI is InChI=1S/C12H16Cl2N2O2/c1-2-16(11-6-18-7-12(11)17)5-8-9(13)3-15-4-10(8)14/h3-4,11-12,17H,2,5-7H2,1H3/t11-,12-/m1/s1. The first-order valence-electron chi connectivity index (χ1n) is 5.91. The zero-order valence-electron chi connectivity index (χ0n) is 10.1. The maximum absolute atomic E-state index is 9.86. The number of hydrogen-bond acceptors (Lipinski definition) is 4. The summed E-state index contributed by atoms with van der Waals surface area (Å²) < 4.78 is 5.28. The molecule has 1 aromatic rings. The first-order chi connectivity index (χ1) is 8.63. The largest absolute Gasteiger partial charge is 0.389 e. The van der Waals surface area contributed by atoms with Crippen molar-refractivity contribution in [2.45, 2.75) is 25.6 Å². The van der Waals surface area contributed by atoms with Crippen LogP contribution in [0.5, 0.6) is 0 Å². The summed E-state index contributed by atoms with van der Waals surface area (Å²) in [5, 5.41) is 11.0. The number of pyridine rings is 1. The lowest BCUT2D eigenvalue weighted by molar-refractivity contribution is 0.0808. The minimum absolute atomic E-state index is 0.00435. The van der Waals surface area contributed by atoms with Crippen LogP contribution in [0.4, 0.5) is 0 Å². The van der Waals surface area contributed by atoms with Crippen molar-refractivity contribution in [3.63, 3.8) is 0 Å². The molecule has 0 bridgehead atoms. The van der Waals surface area contributed by atoms with Gasteiger partial charge in [0.05, 0.1) is 35.4 Å². The van der Waals surface area contributed by atoms with Crippen LogP contribution in [0.1, 0.15) is 12.5 Å². The molecule has 1 saturated heterocycles. The molecule has 4 nitrogen and oxygen atoms in total. The Morgan fingerprint density at radius 1 is 1.39 bits per heavy atom. The van der Waals surface area contributed by atoms with Crippen molar-refractivity contribution < 1.29 is 9.84 Å². The van der Waals surface area contributed by atoms with Crippen LogP contribution >= 0.6 is 23.2 Å². The Morgan fingerprint density at radius 3 is 2.56 bits per heavy atom. The second-order valence-electron chi connectivity index (χ2n) is 4.32. The highest BCUT2D eigenvalue weighted by atomic mass is 35.5. The quantitative estimate of drug-likeness (QED) is 0.921. The lowest BCUT2D eigenvalue weighted by Gasteiger charge is -2.29. The third-order valence-electron chi connectivity index (χ3n) is 3.21. The van der Waals surface area contributed by atoms with Gasteiger partial charge >= 0.3 is 0 Å². The monoisotopic (exact) mass is 290 g/mol. The van der Waals surface area contributed by atoms with Gasteiger partial charge in [0.15, 0.2) is 0 Å². The SMILES string of the molecule is CCN(Cc1c(Cl)cncc1Cl)[C@@H]1COC[C@H]1O. The number of aliphatic hydroxyl groups is 1. The molecule has 1 aromatic heterocycles. The Hall–Kier alpha value is -0.390. The molecule has 0 aromatic carbocycles. The van der Waals surface area contributed by atoms with Crippen LogP contribution in [0, 0.1) is 0 Å². The molecular weight excluding hydrogens is 275 g/mol. The van der Waals surface area contributed by atoms with E-state index in [0.29, 0.717) is 29.8 Å². The predicted molar refractivity (Wildman–Crippen MR) is 71.0 cm³/mol. The van der Waals surface area contributed by atoms with E-state index in [0.717, 1.165) is 12.1 Å². The van der Waals surface area contributed by atoms with Gasteiger partial charge in [0.1, 0.15) is 0 Å². The maximum atomic E-state index is 9.86. The second kappa shape index (κ2) is 6.17. The van der Waals surface area contributed by atoms with Crippen LogP contribution in [0.2, 0.25) is 10.0 Å². The number of aromatic nitrogens is 1. The van der Waals surface area contributed by atoms with E-state index in [9.17, 15) is 5.11 Å². The van der Waals surface area contributed by atoms with Crippen LogP contribution < -0.4 is 0 Å². The fourth-order valence-corrected chi connectivity index (χ4v) is 2.62. The highest BCUT2D eigenvalue weighted by molar-refractivity contribution is 6.35. The third kappa shape index (κ3) is 2.95. The van der Waals surface area contributed by atoms with Crippen LogP contribution in [0.25, 0.3) is 0 Å². The molecule has 2 atom stereocenters. The van der Waals surface area contributed by atoms with Crippen molar-refractivity contribution in [3.8, 4) is 0 Å². The van der Waals surface area contributed by atoms with E-state index in [1.165, 1.54) is 0 Å². The van der Waals surface area contributed by atoms with Gasteiger partial charge in [0, 0.05) is 24.5 Å². The molecule has 6 heteroatoms. The first kappa shape index (κ1) is 14.0. The van der Waals surface area contributed by atoms with Crippen molar-refractivity contribution >= 4 is 23.2 Å². The van der Waals surface area contributed by atoms with E-state index in [1.54, 1.807) is 12.4 Å². The first-order valence-corrected chi connectivity index (χ1v) is 6.66. The van der Waals surface area contributed by atoms with Gasteiger partial charge in [-0.2, -0.15) is 0 Å². The highest BCUT2D eigenvalue weighted by Gasteiger charge is 2.31. The fourth-order valence-electron chi connectivity index (χ4n) is 2.14. The third-order valence-corrected chi connectivity index (χ3v) is 3.86. The van der Waals surface area contributed by atoms with E-state index in [2.05, 4.69) is 9.88 Å². The van der Waals surface area contributed by atoms with Crippen molar-refractivity contribution in [2.24, 2.45) is 0 Å². The molecule has 1 aliphatic heterocycles. The van der Waals surface area contributed by atoms with Gasteiger partial charge in [-0.3, -0.25) is 9.88 Å². The van der Waals surface area contributed by atoms with Gasteiger partial charge in [0.25, 0.3) is 0 Å². The zero-order chi connectivity index (χ0) is 13.1. The summed E-state index contributed by atoms with van der Waals surface area (Å²) in [6, 6.07) is -0.00435. The lowest BCUT2D eigenvalue weighted by Crippen LogP contribution is -2.42. The van der Waals surface area contributed by atoms with E-state index >= 15 is 0 Å². The lowest BCUT2D eigenvalue weighted by atomic mass is 10.1. The van der Waals surface area contributed by atoms with E-state index in [-0.39, 0.29) is 6.04 Å². The summed E-state index contributed by atoms with van der Waals surface area (Å²) in [5.41, 5.74) is 0.842. The molecule has 100 valence electrons. The Labute approximate surface area is 116 Å². The van der Waals surface area contributed by atoms with Crippen LogP contribution in [-0.2, 0) is 11.3 Å². The number of likely N-dealkylation sites (N-methyl/N-ethyl adjacent to an activating group) is 1. The van der Waals surface area contributed by atoms with Crippen molar-refractivity contribution in [1.29, 1.82) is 0 Å². The molecule has 0 saturated carbocycles. The summed E-state index contributed by atoms with van der Waals surface area (Å²) >= 11 is 12.2. The van der Waals surface area contributed by atoms with Gasteiger partial charge < -0.3 is 9.84 Å². The average Bonchev–Trinajstić information content (AvgIpc) is 2.76. The number of rotatable bonds is 4. The molecule has 0 unspecified atom stereocenters. The molecular formula is C12H16Cl2N2O2. The fraction of sp³-hybridized carbons (Fsp3) is 0.583.